The summed E-state index contributed by atoms with van der Waals surface area (Å²) in [5.74, 6) is 0.672. The number of methoxy groups -OCH3 is 1. The van der Waals surface area contributed by atoms with E-state index in [1.165, 1.54) is 6.92 Å². The topological polar surface area (TPSA) is 66.0 Å². The maximum atomic E-state index is 12.7. The number of pyridine rings is 1. The van der Waals surface area contributed by atoms with Crippen LogP contribution in [0.2, 0.25) is 0 Å². The molecule has 2 heterocycles. The fourth-order valence-corrected chi connectivity index (χ4v) is 3.24. The lowest BCUT2D eigenvalue weighted by Crippen LogP contribution is -2.51. The van der Waals surface area contributed by atoms with Crippen LogP contribution in [0.25, 0.3) is 0 Å². The van der Waals surface area contributed by atoms with Crippen LogP contribution in [0.4, 0.5) is 5.69 Å². The Hall–Kier alpha value is -3.09. The van der Waals surface area contributed by atoms with Crippen LogP contribution in [0.15, 0.2) is 48.7 Å². The number of amides is 2. The van der Waals surface area contributed by atoms with E-state index >= 15 is 0 Å². The zero-order chi connectivity index (χ0) is 19.9. The van der Waals surface area contributed by atoms with Crippen molar-refractivity contribution < 1.29 is 14.3 Å². The van der Waals surface area contributed by atoms with E-state index in [0.717, 1.165) is 30.2 Å². The van der Waals surface area contributed by atoms with Gasteiger partial charge >= 0.3 is 0 Å². The molecule has 2 amide bonds. The molecule has 0 aliphatic carbocycles. The van der Waals surface area contributed by atoms with Crippen molar-refractivity contribution in [2.75, 3.05) is 44.7 Å². The number of anilines is 1. The average molecular weight is 382 g/mol. The predicted molar refractivity (Wildman–Crippen MR) is 107 cm³/mol. The summed E-state index contributed by atoms with van der Waals surface area (Å²) in [6.07, 6.45) is 1.69. The first-order chi connectivity index (χ1) is 13.6. The summed E-state index contributed by atoms with van der Waals surface area (Å²) >= 11 is 0. The third kappa shape index (κ3) is 5.00. The number of carbonyl (C=O) groups is 2. The molecule has 1 aliphatic rings. The van der Waals surface area contributed by atoms with Gasteiger partial charge in [-0.1, -0.05) is 6.07 Å². The van der Waals surface area contributed by atoms with Crippen molar-refractivity contribution in [3.05, 3.63) is 54.4 Å². The highest BCUT2D eigenvalue weighted by molar-refractivity contribution is 5.84. The van der Waals surface area contributed by atoms with Crippen LogP contribution in [0.5, 0.6) is 5.75 Å². The van der Waals surface area contributed by atoms with Crippen LogP contribution in [-0.4, -0.2) is 66.4 Å². The highest BCUT2D eigenvalue weighted by Gasteiger charge is 2.24. The fourth-order valence-electron chi connectivity index (χ4n) is 3.24. The Bertz CT molecular complexity index is 787. The summed E-state index contributed by atoms with van der Waals surface area (Å²) in [6.45, 7) is 4.71. The van der Waals surface area contributed by atoms with E-state index in [4.69, 9.17) is 4.74 Å². The van der Waals surface area contributed by atoms with Crippen LogP contribution in [0.1, 0.15) is 12.6 Å². The highest BCUT2D eigenvalue weighted by Crippen LogP contribution is 2.20. The smallest absolute Gasteiger partial charge is 0.242 e. The molecule has 7 heteroatoms. The van der Waals surface area contributed by atoms with Gasteiger partial charge in [0, 0.05) is 45.0 Å². The summed E-state index contributed by atoms with van der Waals surface area (Å²) in [6, 6.07) is 13.5. The molecule has 1 aliphatic heterocycles. The number of carbonyl (C=O) groups excluding carboxylic acids is 2. The molecular formula is C21H26N4O3. The van der Waals surface area contributed by atoms with Gasteiger partial charge in [-0.2, -0.15) is 0 Å². The molecule has 0 radical (unpaired) electrons. The Balaban J connectivity index is 1.54. The molecule has 148 valence electrons. The van der Waals surface area contributed by atoms with Crippen LogP contribution in [0.3, 0.4) is 0 Å². The molecule has 0 unspecified atom stereocenters. The van der Waals surface area contributed by atoms with Gasteiger partial charge < -0.3 is 19.4 Å². The monoisotopic (exact) mass is 382 g/mol. The van der Waals surface area contributed by atoms with Gasteiger partial charge in [-0.3, -0.25) is 14.6 Å². The Morgan fingerprint density at radius 1 is 1.07 bits per heavy atom. The van der Waals surface area contributed by atoms with Crippen molar-refractivity contribution in [2.45, 2.75) is 13.5 Å². The molecule has 1 aromatic heterocycles. The Morgan fingerprint density at radius 3 is 2.36 bits per heavy atom. The predicted octanol–water partition coefficient (Wildman–Crippen LogP) is 1.79. The molecule has 1 fully saturated rings. The molecule has 0 saturated carbocycles. The lowest BCUT2D eigenvalue weighted by atomic mass is 10.2. The first-order valence-electron chi connectivity index (χ1n) is 9.39. The SMILES string of the molecule is COc1ccc(N2CCN(C(=O)CN(Cc3ccccn3)C(C)=O)CC2)cc1. The molecule has 3 rings (SSSR count). The molecule has 1 saturated heterocycles. The number of benzene rings is 1. The van der Waals surface area contributed by atoms with Gasteiger partial charge in [0.2, 0.25) is 11.8 Å². The second kappa shape index (κ2) is 9.21. The van der Waals surface area contributed by atoms with E-state index in [-0.39, 0.29) is 18.4 Å². The number of rotatable bonds is 6. The summed E-state index contributed by atoms with van der Waals surface area (Å²) < 4.78 is 5.20. The maximum absolute atomic E-state index is 12.7. The summed E-state index contributed by atoms with van der Waals surface area (Å²) in [5, 5.41) is 0. The van der Waals surface area contributed by atoms with E-state index in [1.54, 1.807) is 18.2 Å². The second-order valence-corrected chi connectivity index (χ2v) is 6.76. The number of hydrogen-bond acceptors (Lipinski definition) is 5. The Labute approximate surface area is 165 Å². The summed E-state index contributed by atoms with van der Waals surface area (Å²) in [7, 11) is 1.65. The molecule has 0 atom stereocenters. The van der Waals surface area contributed by atoms with Crippen molar-refractivity contribution in [3.63, 3.8) is 0 Å². The standard InChI is InChI=1S/C21H26N4O3/c1-17(26)25(15-18-5-3-4-10-22-18)16-21(27)24-13-11-23(12-14-24)19-6-8-20(28-2)9-7-19/h3-10H,11-16H2,1-2H3. The fraction of sp³-hybridized carbons (Fsp3) is 0.381. The Kier molecular flexibility index (Phi) is 6.47. The van der Waals surface area contributed by atoms with Crippen molar-refractivity contribution in [2.24, 2.45) is 0 Å². The third-order valence-corrected chi connectivity index (χ3v) is 4.92. The molecule has 0 spiro atoms. The third-order valence-electron chi connectivity index (χ3n) is 4.92. The maximum Gasteiger partial charge on any atom is 0.242 e. The molecule has 0 bridgehead atoms. The van der Waals surface area contributed by atoms with Crippen LogP contribution >= 0.6 is 0 Å². The molecule has 1 aromatic carbocycles. The molecule has 28 heavy (non-hydrogen) atoms. The quantitative estimate of drug-likeness (QED) is 0.762. The number of piperazine rings is 1. The molecule has 2 aromatic rings. The zero-order valence-corrected chi connectivity index (χ0v) is 16.4. The van der Waals surface area contributed by atoms with Gasteiger partial charge in [0.1, 0.15) is 12.3 Å². The van der Waals surface area contributed by atoms with Gasteiger partial charge in [-0.25, -0.2) is 0 Å². The minimum Gasteiger partial charge on any atom is -0.497 e. The minimum atomic E-state index is -0.129. The van der Waals surface area contributed by atoms with Gasteiger partial charge in [-0.15, -0.1) is 0 Å². The van der Waals surface area contributed by atoms with Gasteiger partial charge in [-0.05, 0) is 36.4 Å². The lowest BCUT2D eigenvalue weighted by Gasteiger charge is -2.37. The van der Waals surface area contributed by atoms with Crippen molar-refractivity contribution in [3.8, 4) is 5.75 Å². The van der Waals surface area contributed by atoms with Crippen LogP contribution < -0.4 is 9.64 Å². The number of nitrogens with zero attached hydrogens (tertiary/aromatic N) is 4. The molecule has 0 N–H and O–H groups in total. The second-order valence-electron chi connectivity index (χ2n) is 6.76. The zero-order valence-electron chi connectivity index (χ0n) is 16.4. The summed E-state index contributed by atoms with van der Waals surface area (Å²) in [5.41, 5.74) is 1.89. The highest BCUT2D eigenvalue weighted by atomic mass is 16.5. The molecular weight excluding hydrogens is 356 g/mol. The normalized spacial score (nSPS) is 13.9. The first-order valence-corrected chi connectivity index (χ1v) is 9.39. The van der Waals surface area contributed by atoms with Gasteiger partial charge in [0.25, 0.3) is 0 Å². The first kappa shape index (κ1) is 19.7. The Morgan fingerprint density at radius 2 is 1.79 bits per heavy atom. The van der Waals surface area contributed by atoms with Crippen molar-refractivity contribution in [1.82, 2.24) is 14.8 Å². The van der Waals surface area contributed by atoms with E-state index in [0.29, 0.717) is 19.6 Å². The number of aromatic nitrogens is 1. The lowest BCUT2D eigenvalue weighted by molar-refractivity contribution is -0.140. The largest absolute Gasteiger partial charge is 0.497 e. The van der Waals surface area contributed by atoms with Crippen molar-refractivity contribution >= 4 is 17.5 Å². The summed E-state index contributed by atoms with van der Waals surface area (Å²) in [4.78, 5) is 34.5. The number of hydrogen-bond donors (Lipinski definition) is 0. The average Bonchev–Trinajstić information content (AvgIpc) is 2.74. The van der Waals surface area contributed by atoms with Crippen LogP contribution in [-0.2, 0) is 16.1 Å². The number of ether oxygens (including phenoxy) is 1. The van der Waals surface area contributed by atoms with E-state index in [1.807, 2.05) is 47.4 Å². The minimum absolute atomic E-state index is 0.0273. The van der Waals surface area contributed by atoms with Gasteiger partial charge in [0.15, 0.2) is 0 Å². The van der Waals surface area contributed by atoms with E-state index in [2.05, 4.69) is 9.88 Å². The van der Waals surface area contributed by atoms with Gasteiger partial charge in [0.05, 0.1) is 19.3 Å². The van der Waals surface area contributed by atoms with Crippen molar-refractivity contribution in [1.29, 1.82) is 0 Å². The van der Waals surface area contributed by atoms with E-state index < -0.39 is 0 Å². The molecule has 7 nitrogen and oxygen atoms in total. The van der Waals surface area contributed by atoms with E-state index in [9.17, 15) is 9.59 Å². The van der Waals surface area contributed by atoms with Crippen LogP contribution in [0, 0.1) is 0 Å².